The highest BCUT2D eigenvalue weighted by molar-refractivity contribution is 5.99. The van der Waals surface area contributed by atoms with Gasteiger partial charge >= 0.3 is 5.97 Å². The molecule has 0 bridgehead atoms. The van der Waals surface area contributed by atoms with Crippen molar-refractivity contribution in [2.24, 2.45) is 5.92 Å². The molecule has 1 fully saturated rings. The van der Waals surface area contributed by atoms with Gasteiger partial charge in [0.05, 0.1) is 6.61 Å². The van der Waals surface area contributed by atoms with E-state index in [9.17, 15) is 9.59 Å². The van der Waals surface area contributed by atoms with Crippen LogP contribution in [0.4, 0.5) is 0 Å². The van der Waals surface area contributed by atoms with Crippen LogP contribution in [0.5, 0.6) is 0 Å². The molecular formula is C8H13NO3. The van der Waals surface area contributed by atoms with Crippen molar-refractivity contribution in [2.75, 3.05) is 19.7 Å². The number of ketones is 1. The number of rotatable bonds is 2. The average molecular weight is 171 g/mol. The fraction of sp³-hybridized carbons (Fsp3) is 0.750. The second kappa shape index (κ2) is 4.21. The number of carbonyl (C=O) groups is 2. The molecule has 0 unspecified atom stereocenters. The summed E-state index contributed by atoms with van der Waals surface area (Å²) in [6, 6.07) is 0. The molecule has 1 N–H and O–H groups in total. The summed E-state index contributed by atoms with van der Waals surface area (Å²) in [6.07, 6.45) is 0.434. The second-order valence-corrected chi connectivity index (χ2v) is 2.73. The lowest BCUT2D eigenvalue weighted by Gasteiger charge is -2.19. The molecule has 0 radical (unpaired) electrons. The number of hydrogen-bond donors (Lipinski definition) is 1. The maximum Gasteiger partial charge on any atom is 0.317 e. The van der Waals surface area contributed by atoms with Crippen LogP contribution in [0, 0.1) is 5.92 Å². The smallest absolute Gasteiger partial charge is 0.317 e. The Labute approximate surface area is 71.3 Å². The minimum absolute atomic E-state index is 0.00722. The zero-order valence-corrected chi connectivity index (χ0v) is 7.13. The van der Waals surface area contributed by atoms with E-state index in [0.29, 0.717) is 26.1 Å². The van der Waals surface area contributed by atoms with Gasteiger partial charge in [0, 0.05) is 19.5 Å². The topological polar surface area (TPSA) is 55.4 Å². The summed E-state index contributed by atoms with van der Waals surface area (Å²) in [5, 5.41) is 2.98. The van der Waals surface area contributed by atoms with E-state index in [1.165, 1.54) is 0 Å². The van der Waals surface area contributed by atoms with E-state index in [2.05, 4.69) is 5.32 Å². The molecule has 0 aliphatic carbocycles. The number of hydrogen-bond acceptors (Lipinski definition) is 4. The average Bonchev–Trinajstić information content (AvgIpc) is 2.05. The van der Waals surface area contributed by atoms with E-state index in [-0.39, 0.29) is 5.78 Å². The molecule has 1 heterocycles. The highest BCUT2D eigenvalue weighted by Gasteiger charge is 2.29. The van der Waals surface area contributed by atoms with E-state index in [1.807, 2.05) is 0 Å². The first-order chi connectivity index (χ1) is 5.75. The van der Waals surface area contributed by atoms with Gasteiger partial charge in [-0.3, -0.25) is 9.59 Å². The summed E-state index contributed by atoms with van der Waals surface area (Å²) in [6.45, 7) is 3.17. The first kappa shape index (κ1) is 9.19. The van der Waals surface area contributed by atoms with Crippen molar-refractivity contribution < 1.29 is 14.3 Å². The lowest BCUT2D eigenvalue weighted by atomic mass is 9.98. The molecule has 0 aromatic carbocycles. The standard InChI is InChI=1S/C8H13NO3/c1-2-12-8(11)6-5-9-4-3-7(6)10/h6,9H,2-5H2,1H3/t6-/m0/s1. The zero-order valence-electron chi connectivity index (χ0n) is 7.13. The third-order valence-corrected chi connectivity index (χ3v) is 1.86. The largest absolute Gasteiger partial charge is 0.465 e. The summed E-state index contributed by atoms with van der Waals surface area (Å²) >= 11 is 0. The normalized spacial score (nSPS) is 23.8. The van der Waals surface area contributed by atoms with Gasteiger partial charge in [0.15, 0.2) is 0 Å². The fourth-order valence-electron chi connectivity index (χ4n) is 1.20. The fourth-order valence-corrected chi connectivity index (χ4v) is 1.20. The lowest BCUT2D eigenvalue weighted by Crippen LogP contribution is -2.41. The number of piperidine rings is 1. The van der Waals surface area contributed by atoms with Gasteiger partial charge in [-0.15, -0.1) is 0 Å². The quantitative estimate of drug-likeness (QED) is 0.459. The Morgan fingerprint density at radius 2 is 2.50 bits per heavy atom. The van der Waals surface area contributed by atoms with Crippen molar-refractivity contribution in [3.8, 4) is 0 Å². The van der Waals surface area contributed by atoms with Crippen LogP contribution in [0.15, 0.2) is 0 Å². The molecule has 1 aliphatic heterocycles. The van der Waals surface area contributed by atoms with Crippen molar-refractivity contribution in [1.29, 1.82) is 0 Å². The lowest BCUT2D eigenvalue weighted by molar-refractivity contribution is -0.152. The van der Waals surface area contributed by atoms with Crippen LogP contribution >= 0.6 is 0 Å². The summed E-state index contributed by atoms with van der Waals surface area (Å²) in [5.74, 6) is -0.972. The monoisotopic (exact) mass is 171 g/mol. The molecule has 68 valence electrons. The highest BCUT2D eigenvalue weighted by atomic mass is 16.5. The van der Waals surface area contributed by atoms with Crippen LogP contribution in [-0.4, -0.2) is 31.4 Å². The van der Waals surface area contributed by atoms with E-state index in [1.54, 1.807) is 6.92 Å². The Balaban J connectivity index is 2.48. The third kappa shape index (κ3) is 2.04. The Hall–Kier alpha value is -0.900. The molecule has 1 aliphatic rings. The maximum atomic E-state index is 11.2. The summed E-state index contributed by atoms with van der Waals surface area (Å²) in [5.41, 5.74) is 0. The van der Waals surface area contributed by atoms with Crippen molar-refractivity contribution in [3.63, 3.8) is 0 Å². The summed E-state index contributed by atoms with van der Waals surface area (Å²) in [4.78, 5) is 22.3. The predicted octanol–water partition coefficient (Wildman–Crippen LogP) is -0.272. The first-order valence-electron chi connectivity index (χ1n) is 4.15. The van der Waals surface area contributed by atoms with E-state index >= 15 is 0 Å². The summed E-state index contributed by atoms with van der Waals surface area (Å²) < 4.78 is 4.75. The first-order valence-corrected chi connectivity index (χ1v) is 4.15. The number of Topliss-reactive ketones (excluding diaryl/α,β-unsaturated/α-hetero) is 1. The van der Waals surface area contributed by atoms with Crippen LogP contribution in [0.25, 0.3) is 0 Å². The van der Waals surface area contributed by atoms with Crippen molar-refractivity contribution in [3.05, 3.63) is 0 Å². The molecule has 4 heteroatoms. The Morgan fingerprint density at radius 3 is 3.08 bits per heavy atom. The molecule has 0 aromatic rings. The number of carbonyl (C=O) groups excluding carboxylic acids is 2. The van der Waals surface area contributed by atoms with Crippen LogP contribution in [0.3, 0.4) is 0 Å². The molecule has 1 atom stereocenters. The molecule has 4 nitrogen and oxygen atoms in total. The number of esters is 1. The van der Waals surface area contributed by atoms with Crippen LogP contribution in [0.1, 0.15) is 13.3 Å². The van der Waals surface area contributed by atoms with Crippen LogP contribution in [-0.2, 0) is 14.3 Å². The molecule has 12 heavy (non-hydrogen) atoms. The van der Waals surface area contributed by atoms with E-state index in [4.69, 9.17) is 4.74 Å². The summed E-state index contributed by atoms with van der Waals surface area (Å²) in [7, 11) is 0. The molecule has 0 spiro atoms. The van der Waals surface area contributed by atoms with Gasteiger partial charge in [-0.2, -0.15) is 0 Å². The zero-order chi connectivity index (χ0) is 8.97. The Morgan fingerprint density at radius 1 is 1.75 bits per heavy atom. The highest BCUT2D eigenvalue weighted by Crippen LogP contribution is 2.07. The minimum Gasteiger partial charge on any atom is -0.465 e. The number of nitrogens with one attached hydrogen (secondary N) is 1. The molecule has 0 amide bonds. The molecule has 0 aromatic heterocycles. The van der Waals surface area contributed by atoms with Crippen LogP contribution < -0.4 is 5.32 Å². The third-order valence-electron chi connectivity index (χ3n) is 1.86. The SMILES string of the molecule is CCOC(=O)[C@H]1CNCCC1=O. The van der Waals surface area contributed by atoms with Gasteiger partial charge < -0.3 is 10.1 Å². The Bertz CT molecular complexity index is 191. The van der Waals surface area contributed by atoms with Gasteiger partial charge in [0.1, 0.15) is 11.7 Å². The van der Waals surface area contributed by atoms with Gasteiger partial charge in [0.25, 0.3) is 0 Å². The van der Waals surface area contributed by atoms with Crippen molar-refractivity contribution in [1.82, 2.24) is 5.32 Å². The number of ether oxygens (including phenoxy) is 1. The minimum atomic E-state index is -0.571. The molecule has 1 saturated heterocycles. The second-order valence-electron chi connectivity index (χ2n) is 2.73. The molecule has 0 saturated carbocycles. The molecular weight excluding hydrogens is 158 g/mol. The van der Waals surface area contributed by atoms with Crippen molar-refractivity contribution in [2.45, 2.75) is 13.3 Å². The van der Waals surface area contributed by atoms with Gasteiger partial charge in [0.2, 0.25) is 0 Å². The van der Waals surface area contributed by atoms with E-state index in [0.717, 1.165) is 0 Å². The predicted molar refractivity (Wildman–Crippen MR) is 42.6 cm³/mol. The van der Waals surface area contributed by atoms with Gasteiger partial charge in [-0.1, -0.05) is 0 Å². The van der Waals surface area contributed by atoms with Gasteiger partial charge in [-0.25, -0.2) is 0 Å². The van der Waals surface area contributed by atoms with Crippen molar-refractivity contribution >= 4 is 11.8 Å². The van der Waals surface area contributed by atoms with E-state index < -0.39 is 11.9 Å². The van der Waals surface area contributed by atoms with Gasteiger partial charge in [-0.05, 0) is 6.92 Å². The molecule has 1 rings (SSSR count). The Kier molecular flexibility index (Phi) is 3.22. The van der Waals surface area contributed by atoms with Crippen LogP contribution in [0.2, 0.25) is 0 Å². The maximum absolute atomic E-state index is 11.2.